The Kier molecular flexibility index (Phi) is 16.9. The Bertz CT molecular complexity index is 1260. The molecule has 0 saturated carbocycles. The SMILES string of the molecule is CC(=O)CCc1ccc(NC(=O)[C@H](CCCNC(N)=O)NC(=O)[C@@H](NC(=O)CCCCN2C(=O)CC(SCCN)C2=O)C(C)C)cc1. The molecule has 8 N–H and O–H groups in total. The van der Waals surface area contributed by atoms with E-state index in [0.717, 1.165) is 5.56 Å². The second-order valence-corrected chi connectivity index (χ2v) is 13.2. The molecular weight excluding hydrogens is 626 g/mol. The van der Waals surface area contributed by atoms with E-state index in [9.17, 15) is 33.6 Å². The first-order valence-corrected chi connectivity index (χ1v) is 17.0. The molecule has 1 aliphatic heterocycles. The summed E-state index contributed by atoms with van der Waals surface area (Å²) in [5.41, 5.74) is 12.1. The van der Waals surface area contributed by atoms with Gasteiger partial charge in [0.2, 0.25) is 29.5 Å². The Hall–Kier alpha value is -3.98. The Morgan fingerprint density at radius 1 is 0.979 bits per heavy atom. The zero-order valence-corrected chi connectivity index (χ0v) is 28.3. The van der Waals surface area contributed by atoms with Gasteiger partial charge < -0.3 is 37.5 Å². The number of nitrogens with two attached hydrogens (primary N) is 2. The van der Waals surface area contributed by atoms with Gasteiger partial charge in [0.1, 0.15) is 17.9 Å². The van der Waals surface area contributed by atoms with Gasteiger partial charge in [-0.05, 0) is 62.6 Å². The molecule has 1 fully saturated rings. The van der Waals surface area contributed by atoms with Crippen molar-refractivity contribution in [1.29, 1.82) is 0 Å². The first kappa shape index (κ1) is 39.2. The molecule has 47 heavy (non-hydrogen) atoms. The molecule has 1 aromatic carbocycles. The van der Waals surface area contributed by atoms with Crippen molar-refractivity contribution in [2.24, 2.45) is 17.4 Å². The van der Waals surface area contributed by atoms with Crippen LogP contribution in [0, 0.1) is 5.92 Å². The molecule has 2 rings (SSSR count). The third-order valence-corrected chi connectivity index (χ3v) is 8.77. The number of ketones is 1. The standard InChI is InChI=1S/C32H49N7O7S/c1-20(2)28(38-26(41)8-4-5-17-39-27(42)19-25(31(39)45)47-18-15-33)30(44)37-24(7-6-16-35-32(34)46)29(43)36-23-13-11-22(12-14-23)10-9-21(3)40/h11-14,20,24-25,28H,4-10,15-19,33H2,1-3H3,(H,36,43)(H,37,44)(H,38,41)(H3,34,35,46)/t24-,25?,28-/m0/s1. The number of nitrogens with zero attached hydrogens (tertiary/aromatic N) is 1. The second kappa shape index (κ2) is 20.3. The molecule has 0 aliphatic carbocycles. The highest BCUT2D eigenvalue weighted by atomic mass is 32.2. The van der Waals surface area contributed by atoms with Crippen LogP contribution >= 0.6 is 11.8 Å². The molecule has 0 bridgehead atoms. The number of hydrogen-bond donors (Lipinski definition) is 6. The van der Waals surface area contributed by atoms with Crippen molar-refractivity contribution >= 4 is 58.8 Å². The van der Waals surface area contributed by atoms with E-state index >= 15 is 0 Å². The van der Waals surface area contributed by atoms with Crippen molar-refractivity contribution in [3.63, 3.8) is 0 Å². The van der Waals surface area contributed by atoms with Gasteiger partial charge in [0.25, 0.3) is 0 Å². The number of likely N-dealkylation sites (tertiary alicyclic amines) is 1. The molecule has 7 amide bonds. The van der Waals surface area contributed by atoms with E-state index in [2.05, 4.69) is 21.3 Å². The fraction of sp³-hybridized carbons (Fsp3) is 0.594. The van der Waals surface area contributed by atoms with Crippen LogP contribution in [-0.2, 0) is 35.2 Å². The summed E-state index contributed by atoms with van der Waals surface area (Å²) in [6.45, 7) is 5.92. The van der Waals surface area contributed by atoms with Gasteiger partial charge in [-0.2, -0.15) is 0 Å². The number of thioether (sulfide) groups is 1. The Balaban J connectivity index is 1.95. The van der Waals surface area contributed by atoms with Crippen molar-refractivity contribution < 1.29 is 33.6 Å². The quantitative estimate of drug-likeness (QED) is 0.0813. The normalized spacial score (nSPS) is 15.7. The fourth-order valence-corrected chi connectivity index (χ4v) is 5.87. The molecule has 1 heterocycles. The third kappa shape index (κ3) is 14.1. The van der Waals surface area contributed by atoms with Crippen LogP contribution in [0.4, 0.5) is 10.5 Å². The minimum absolute atomic E-state index is 0.0856. The summed E-state index contributed by atoms with van der Waals surface area (Å²) in [7, 11) is 0. The topological polar surface area (TPSA) is 223 Å². The van der Waals surface area contributed by atoms with Gasteiger partial charge in [-0.25, -0.2) is 4.79 Å². The first-order valence-electron chi connectivity index (χ1n) is 16.0. The molecule has 1 aromatic rings. The maximum Gasteiger partial charge on any atom is 0.312 e. The van der Waals surface area contributed by atoms with Crippen LogP contribution in [0.2, 0.25) is 0 Å². The highest BCUT2D eigenvalue weighted by molar-refractivity contribution is 8.00. The lowest BCUT2D eigenvalue weighted by Crippen LogP contribution is -2.54. The number of urea groups is 1. The van der Waals surface area contributed by atoms with E-state index < -0.39 is 35.2 Å². The fourth-order valence-electron chi connectivity index (χ4n) is 4.92. The number of unbranched alkanes of at least 4 members (excludes halogenated alkanes) is 1. The molecule has 0 spiro atoms. The minimum Gasteiger partial charge on any atom is -0.352 e. The van der Waals surface area contributed by atoms with Crippen molar-refractivity contribution in [3.05, 3.63) is 29.8 Å². The van der Waals surface area contributed by atoms with E-state index in [-0.39, 0.29) is 61.8 Å². The number of imide groups is 1. The van der Waals surface area contributed by atoms with Gasteiger partial charge >= 0.3 is 6.03 Å². The summed E-state index contributed by atoms with van der Waals surface area (Å²) in [4.78, 5) is 87.8. The lowest BCUT2D eigenvalue weighted by atomic mass is 10.0. The van der Waals surface area contributed by atoms with Crippen molar-refractivity contribution in [2.45, 2.75) is 89.5 Å². The lowest BCUT2D eigenvalue weighted by Gasteiger charge is -2.25. The molecule has 260 valence electrons. The van der Waals surface area contributed by atoms with Gasteiger partial charge in [0, 0.05) is 50.3 Å². The zero-order chi connectivity index (χ0) is 34.9. The molecule has 3 atom stereocenters. The van der Waals surface area contributed by atoms with Crippen LogP contribution in [0.1, 0.15) is 71.3 Å². The Morgan fingerprint density at radius 3 is 2.30 bits per heavy atom. The van der Waals surface area contributed by atoms with Crippen LogP contribution in [0.15, 0.2) is 24.3 Å². The number of hydrogen-bond acceptors (Lipinski definition) is 9. The largest absolute Gasteiger partial charge is 0.352 e. The maximum atomic E-state index is 13.4. The number of carbonyl (C=O) groups is 7. The highest BCUT2D eigenvalue weighted by Gasteiger charge is 2.38. The van der Waals surface area contributed by atoms with Crippen molar-refractivity contribution in [3.8, 4) is 0 Å². The molecule has 1 aliphatic rings. The summed E-state index contributed by atoms with van der Waals surface area (Å²) in [5, 5.41) is 10.3. The number of Topliss-reactive ketones (excluding diaryl/α,β-unsaturated/α-hetero) is 1. The predicted molar refractivity (Wildman–Crippen MR) is 180 cm³/mol. The average molecular weight is 676 g/mol. The molecular formula is C32H49N7O7S. The van der Waals surface area contributed by atoms with Gasteiger partial charge in [-0.15, -0.1) is 11.8 Å². The van der Waals surface area contributed by atoms with Gasteiger partial charge in [-0.1, -0.05) is 26.0 Å². The highest BCUT2D eigenvalue weighted by Crippen LogP contribution is 2.25. The third-order valence-electron chi connectivity index (χ3n) is 7.53. The first-order chi connectivity index (χ1) is 22.3. The van der Waals surface area contributed by atoms with Gasteiger partial charge in [0.15, 0.2) is 0 Å². The van der Waals surface area contributed by atoms with Gasteiger partial charge in [-0.3, -0.25) is 28.9 Å². The summed E-state index contributed by atoms with van der Waals surface area (Å²) < 4.78 is 0. The van der Waals surface area contributed by atoms with Crippen LogP contribution < -0.4 is 32.7 Å². The van der Waals surface area contributed by atoms with E-state index in [1.54, 1.807) is 26.0 Å². The second-order valence-electron chi connectivity index (χ2n) is 11.9. The van der Waals surface area contributed by atoms with Crippen LogP contribution in [0.5, 0.6) is 0 Å². The van der Waals surface area contributed by atoms with E-state index in [1.807, 2.05) is 12.1 Å². The number of nitrogens with one attached hydrogen (secondary N) is 4. The molecule has 1 saturated heterocycles. The maximum absolute atomic E-state index is 13.4. The van der Waals surface area contributed by atoms with Crippen LogP contribution in [0.25, 0.3) is 0 Å². The number of amides is 7. The predicted octanol–water partition coefficient (Wildman–Crippen LogP) is 1.21. The summed E-state index contributed by atoms with van der Waals surface area (Å²) in [5.74, 6) is -1.45. The lowest BCUT2D eigenvalue weighted by molar-refractivity contribution is -0.138. The van der Waals surface area contributed by atoms with Crippen LogP contribution in [0.3, 0.4) is 0 Å². The minimum atomic E-state index is -0.977. The molecule has 0 radical (unpaired) electrons. The van der Waals surface area contributed by atoms with E-state index in [1.165, 1.54) is 23.6 Å². The monoisotopic (exact) mass is 675 g/mol. The number of carbonyl (C=O) groups excluding carboxylic acids is 7. The molecule has 0 aromatic heterocycles. The molecule has 1 unspecified atom stereocenters. The van der Waals surface area contributed by atoms with Crippen molar-refractivity contribution in [2.75, 3.05) is 30.7 Å². The summed E-state index contributed by atoms with van der Waals surface area (Å²) >= 11 is 1.38. The number of rotatable bonds is 21. The molecule has 15 heteroatoms. The number of primary amides is 1. The number of aryl methyl sites for hydroxylation is 1. The summed E-state index contributed by atoms with van der Waals surface area (Å²) in [6, 6.07) is 4.45. The average Bonchev–Trinajstić information content (AvgIpc) is 3.28. The number of anilines is 1. The zero-order valence-electron chi connectivity index (χ0n) is 27.5. The van der Waals surface area contributed by atoms with E-state index in [0.29, 0.717) is 50.1 Å². The van der Waals surface area contributed by atoms with Crippen LogP contribution in [-0.4, -0.2) is 89.0 Å². The smallest absolute Gasteiger partial charge is 0.312 e. The Labute approximate surface area is 280 Å². The van der Waals surface area contributed by atoms with E-state index in [4.69, 9.17) is 11.5 Å². The summed E-state index contributed by atoms with van der Waals surface area (Å²) in [6.07, 6.45) is 2.63. The Morgan fingerprint density at radius 2 is 1.68 bits per heavy atom. The molecule has 14 nitrogen and oxygen atoms in total. The van der Waals surface area contributed by atoms with Crippen molar-refractivity contribution in [1.82, 2.24) is 20.9 Å². The van der Waals surface area contributed by atoms with Gasteiger partial charge in [0.05, 0.1) is 5.25 Å². The number of benzene rings is 1.